The summed E-state index contributed by atoms with van der Waals surface area (Å²) >= 11 is 0. The zero-order valence-electron chi connectivity index (χ0n) is 17.3. The van der Waals surface area contributed by atoms with Crippen LogP contribution in [0.4, 0.5) is 13.2 Å². The number of aromatic nitrogens is 1. The third-order valence-corrected chi connectivity index (χ3v) is 6.44. The topological polar surface area (TPSA) is 99.8 Å². The summed E-state index contributed by atoms with van der Waals surface area (Å²) in [7, 11) is -5.26. The van der Waals surface area contributed by atoms with E-state index in [9.17, 15) is 21.6 Å². The Balaban J connectivity index is 0.00000450. The minimum Gasteiger partial charge on any atom is -0.361 e. The maximum Gasteiger partial charge on any atom is 0.511 e. The molecule has 0 saturated carbocycles. The van der Waals surface area contributed by atoms with Crippen molar-refractivity contribution in [3.63, 3.8) is 0 Å². The molecule has 0 spiro atoms. The zero-order valence-corrected chi connectivity index (χ0v) is 20.4. The van der Waals surface area contributed by atoms with Crippen LogP contribution in [-0.2, 0) is 16.4 Å². The summed E-state index contributed by atoms with van der Waals surface area (Å²) in [5.41, 5.74) is -3.31. The highest BCUT2D eigenvalue weighted by Crippen LogP contribution is 2.28. The molecular weight excluding hydrogens is 538 g/mol. The zero-order chi connectivity index (χ0) is 21.7. The van der Waals surface area contributed by atoms with Gasteiger partial charge in [0, 0.05) is 37.8 Å². The molecule has 2 N–H and O–H groups in total. The van der Waals surface area contributed by atoms with Gasteiger partial charge in [0.25, 0.3) is 0 Å². The molecule has 0 aliphatic carbocycles. The number of halogens is 4. The normalized spacial score (nSPS) is 16.9. The molecule has 174 valence electrons. The van der Waals surface area contributed by atoms with Crippen molar-refractivity contribution in [2.75, 3.05) is 26.2 Å². The smallest absolute Gasteiger partial charge is 0.361 e. The summed E-state index contributed by atoms with van der Waals surface area (Å²) < 4.78 is 66.6. The summed E-state index contributed by atoms with van der Waals surface area (Å²) in [6.07, 6.45) is 2.14. The molecule has 1 aliphatic rings. The highest BCUT2D eigenvalue weighted by atomic mass is 127. The third-order valence-electron chi connectivity index (χ3n) is 4.81. The lowest BCUT2D eigenvalue weighted by Crippen LogP contribution is -2.51. The Morgan fingerprint density at radius 2 is 1.93 bits per heavy atom. The Kier molecular flexibility index (Phi) is 10.3. The number of aryl methyl sites for hydroxylation is 2. The number of hydrogen-bond acceptors (Lipinski definition) is 5. The molecule has 13 heteroatoms. The van der Waals surface area contributed by atoms with Crippen LogP contribution in [0.15, 0.2) is 9.52 Å². The minimum atomic E-state index is -5.26. The van der Waals surface area contributed by atoms with Gasteiger partial charge in [-0.25, -0.2) is 8.42 Å². The van der Waals surface area contributed by atoms with Crippen LogP contribution >= 0.6 is 24.0 Å². The molecule has 1 aromatic heterocycles. The maximum atomic E-state index is 12.7. The molecule has 0 radical (unpaired) electrons. The molecule has 1 aliphatic heterocycles. The Morgan fingerprint density at radius 3 is 2.43 bits per heavy atom. The number of rotatable bonds is 7. The van der Waals surface area contributed by atoms with Crippen LogP contribution in [0.1, 0.15) is 43.2 Å². The van der Waals surface area contributed by atoms with Crippen LogP contribution in [-0.4, -0.2) is 61.6 Å². The van der Waals surface area contributed by atoms with Gasteiger partial charge in [0.1, 0.15) is 5.76 Å². The van der Waals surface area contributed by atoms with Crippen LogP contribution < -0.4 is 10.6 Å². The molecule has 2 heterocycles. The van der Waals surface area contributed by atoms with Gasteiger partial charge < -0.3 is 15.2 Å². The molecule has 1 aromatic rings. The monoisotopic (exact) mass is 567 g/mol. The van der Waals surface area contributed by atoms with Gasteiger partial charge in [0.05, 0.1) is 5.69 Å². The van der Waals surface area contributed by atoms with Crippen LogP contribution in [0.25, 0.3) is 0 Å². The van der Waals surface area contributed by atoms with Crippen molar-refractivity contribution in [1.29, 1.82) is 0 Å². The van der Waals surface area contributed by atoms with E-state index in [1.807, 2.05) is 20.8 Å². The van der Waals surface area contributed by atoms with E-state index < -0.39 is 15.5 Å². The standard InChI is InChI=1S/C17H28F3N5O3S.HI/c1-4-21-16(22-9-5-6-15-12(2)24-28-13(15)3)23-14-7-10-25(11-8-14)29(26,27)17(18,19)20;/h14H,4-11H2,1-3H3,(H2,21,22,23);1H. The van der Waals surface area contributed by atoms with Crippen LogP contribution in [0.2, 0.25) is 0 Å². The van der Waals surface area contributed by atoms with Crippen molar-refractivity contribution in [1.82, 2.24) is 20.1 Å². The van der Waals surface area contributed by atoms with E-state index in [4.69, 9.17) is 4.52 Å². The van der Waals surface area contributed by atoms with Gasteiger partial charge >= 0.3 is 15.5 Å². The lowest BCUT2D eigenvalue weighted by molar-refractivity contribution is -0.0494. The molecule has 2 rings (SSSR count). The molecule has 1 fully saturated rings. The first kappa shape index (κ1) is 26.9. The molecule has 0 atom stereocenters. The molecule has 8 nitrogen and oxygen atoms in total. The Hall–Kier alpha value is -1.09. The minimum absolute atomic E-state index is 0. The summed E-state index contributed by atoms with van der Waals surface area (Å²) in [4.78, 5) is 4.50. The summed E-state index contributed by atoms with van der Waals surface area (Å²) in [5.74, 6) is 1.38. The fourth-order valence-electron chi connectivity index (χ4n) is 3.21. The second-order valence-electron chi connectivity index (χ2n) is 6.94. The molecule has 0 bridgehead atoms. The Bertz CT molecular complexity index is 787. The highest BCUT2D eigenvalue weighted by molar-refractivity contribution is 14.0. The lowest BCUT2D eigenvalue weighted by atomic mass is 10.1. The molecule has 0 aromatic carbocycles. The molecular formula is C17H29F3IN5O3S. The van der Waals surface area contributed by atoms with E-state index in [2.05, 4.69) is 20.8 Å². The van der Waals surface area contributed by atoms with Crippen molar-refractivity contribution in [2.45, 2.75) is 58.0 Å². The summed E-state index contributed by atoms with van der Waals surface area (Å²) in [6.45, 7) is 6.52. The first-order valence-electron chi connectivity index (χ1n) is 9.59. The van der Waals surface area contributed by atoms with E-state index >= 15 is 0 Å². The van der Waals surface area contributed by atoms with Crippen molar-refractivity contribution in [3.05, 3.63) is 17.0 Å². The fraction of sp³-hybridized carbons (Fsp3) is 0.765. The maximum absolute atomic E-state index is 12.7. The highest BCUT2D eigenvalue weighted by Gasteiger charge is 2.50. The predicted octanol–water partition coefficient (Wildman–Crippen LogP) is 2.71. The van der Waals surface area contributed by atoms with Crippen molar-refractivity contribution >= 4 is 40.0 Å². The summed E-state index contributed by atoms with van der Waals surface area (Å²) in [5, 5.41) is 10.2. The quantitative estimate of drug-likeness (QED) is 0.228. The number of nitrogens with zero attached hydrogens (tertiary/aromatic N) is 3. The van der Waals surface area contributed by atoms with Crippen LogP contribution in [0.3, 0.4) is 0 Å². The van der Waals surface area contributed by atoms with Crippen LogP contribution in [0.5, 0.6) is 0 Å². The number of alkyl halides is 3. The lowest BCUT2D eigenvalue weighted by Gasteiger charge is -2.32. The number of aliphatic imine (C=N–C) groups is 1. The van der Waals surface area contributed by atoms with Gasteiger partial charge in [-0.3, -0.25) is 4.99 Å². The SMILES string of the molecule is CCNC(=NCCCc1c(C)noc1C)NC1CCN(S(=O)(=O)C(F)(F)F)CC1.I. The number of sulfonamides is 1. The van der Waals surface area contributed by atoms with Gasteiger partial charge in [-0.05, 0) is 46.5 Å². The molecule has 1 saturated heterocycles. The van der Waals surface area contributed by atoms with Crippen LogP contribution in [0, 0.1) is 13.8 Å². The van der Waals surface area contributed by atoms with E-state index in [-0.39, 0.29) is 55.9 Å². The number of hydrogen-bond donors (Lipinski definition) is 2. The first-order chi connectivity index (χ1) is 13.6. The average Bonchev–Trinajstić information content (AvgIpc) is 2.96. The third kappa shape index (κ3) is 6.97. The fourth-order valence-corrected chi connectivity index (χ4v) is 4.19. The van der Waals surface area contributed by atoms with E-state index in [0.29, 0.717) is 23.4 Å². The number of piperidine rings is 1. The molecule has 0 amide bonds. The number of guanidine groups is 1. The number of nitrogens with one attached hydrogen (secondary N) is 2. The van der Waals surface area contributed by atoms with Gasteiger partial charge in [-0.15, -0.1) is 24.0 Å². The van der Waals surface area contributed by atoms with Gasteiger partial charge in [0.2, 0.25) is 0 Å². The predicted molar refractivity (Wildman–Crippen MR) is 118 cm³/mol. The van der Waals surface area contributed by atoms with Crippen molar-refractivity contribution < 1.29 is 26.1 Å². The molecule has 30 heavy (non-hydrogen) atoms. The van der Waals surface area contributed by atoms with Gasteiger partial charge in [-0.2, -0.15) is 17.5 Å². The first-order valence-corrected chi connectivity index (χ1v) is 11.0. The molecule has 0 unspecified atom stereocenters. The second-order valence-corrected chi connectivity index (χ2v) is 8.86. The van der Waals surface area contributed by atoms with Gasteiger partial charge in [-0.1, -0.05) is 5.16 Å². The average molecular weight is 567 g/mol. The largest absolute Gasteiger partial charge is 0.511 e. The van der Waals surface area contributed by atoms with Crippen molar-refractivity contribution in [2.24, 2.45) is 4.99 Å². The van der Waals surface area contributed by atoms with Gasteiger partial charge in [0.15, 0.2) is 5.96 Å². The summed E-state index contributed by atoms with van der Waals surface area (Å²) in [6, 6.07) is -0.143. The Morgan fingerprint density at radius 1 is 1.30 bits per heavy atom. The van der Waals surface area contributed by atoms with E-state index in [1.165, 1.54) is 0 Å². The Labute approximate surface area is 192 Å². The second kappa shape index (κ2) is 11.5. The van der Waals surface area contributed by atoms with E-state index in [1.54, 1.807) is 0 Å². The van der Waals surface area contributed by atoms with Crippen molar-refractivity contribution in [3.8, 4) is 0 Å². The van der Waals surface area contributed by atoms with E-state index in [0.717, 1.165) is 29.9 Å².